The average molecular weight is 219 g/mol. The van der Waals surface area contributed by atoms with E-state index in [-0.39, 0.29) is 0 Å². The standard InChI is InChI=1S/C14H21NO/c1-2-16-14-10-12(11-14)8-9-15-13-6-4-3-5-7-13/h3-7,12,14-15H,2,8-11H2,1H3. The zero-order chi connectivity index (χ0) is 11.2. The predicted octanol–water partition coefficient (Wildman–Crippen LogP) is 3.30. The highest BCUT2D eigenvalue weighted by molar-refractivity contribution is 5.42. The molecule has 0 unspecified atom stereocenters. The number of anilines is 1. The summed E-state index contributed by atoms with van der Waals surface area (Å²) in [6, 6.07) is 10.4. The van der Waals surface area contributed by atoms with Gasteiger partial charge in [0.15, 0.2) is 0 Å². The van der Waals surface area contributed by atoms with Gasteiger partial charge in [0, 0.05) is 18.8 Å². The molecular formula is C14H21NO. The summed E-state index contributed by atoms with van der Waals surface area (Å²) in [5, 5.41) is 3.45. The molecule has 1 saturated carbocycles. The van der Waals surface area contributed by atoms with Crippen LogP contribution in [-0.2, 0) is 4.74 Å². The molecule has 1 aromatic carbocycles. The highest BCUT2D eigenvalue weighted by Gasteiger charge is 2.28. The molecule has 2 heteroatoms. The van der Waals surface area contributed by atoms with E-state index in [1.54, 1.807) is 0 Å². The Morgan fingerprint density at radius 3 is 2.69 bits per heavy atom. The normalized spacial score (nSPS) is 23.8. The molecule has 0 bridgehead atoms. The molecule has 2 nitrogen and oxygen atoms in total. The van der Waals surface area contributed by atoms with E-state index in [0.717, 1.165) is 19.1 Å². The molecule has 2 rings (SSSR count). The fourth-order valence-electron chi connectivity index (χ4n) is 2.26. The van der Waals surface area contributed by atoms with Crippen molar-refractivity contribution >= 4 is 5.69 Å². The van der Waals surface area contributed by atoms with Crippen molar-refractivity contribution in [2.24, 2.45) is 5.92 Å². The third-order valence-electron chi connectivity index (χ3n) is 3.25. The van der Waals surface area contributed by atoms with Crippen LogP contribution in [0.2, 0.25) is 0 Å². The fraction of sp³-hybridized carbons (Fsp3) is 0.571. The first-order chi connectivity index (χ1) is 7.88. The number of hydrogen-bond donors (Lipinski definition) is 1. The van der Waals surface area contributed by atoms with Gasteiger partial charge in [-0.25, -0.2) is 0 Å². The summed E-state index contributed by atoms with van der Waals surface area (Å²) in [6.45, 7) is 4.01. The van der Waals surface area contributed by atoms with Crippen LogP contribution < -0.4 is 5.32 Å². The molecule has 0 aromatic heterocycles. The van der Waals surface area contributed by atoms with Crippen molar-refractivity contribution in [1.29, 1.82) is 0 Å². The molecule has 0 saturated heterocycles. The summed E-state index contributed by atoms with van der Waals surface area (Å²) >= 11 is 0. The Labute approximate surface area is 98.0 Å². The molecule has 88 valence electrons. The highest BCUT2D eigenvalue weighted by Crippen LogP contribution is 2.32. The Hall–Kier alpha value is -1.02. The fourth-order valence-corrected chi connectivity index (χ4v) is 2.26. The summed E-state index contributed by atoms with van der Waals surface area (Å²) in [5.41, 5.74) is 1.23. The Morgan fingerprint density at radius 2 is 2.00 bits per heavy atom. The largest absolute Gasteiger partial charge is 0.385 e. The predicted molar refractivity (Wildman–Crippen MR) is 67.7 cm³/mol. The topological polar surface area (TPSA) is 21.3 Å². The zero-order valence-electron chi connectivity index (χ0n) is 9.99. The van der Waals surface area contributed by atoms with Gasteiger partial charge in [0.05, 0.1) is 6.10 Å². The molecule has 16 heavy (non-hydrogen) atoms. The van der Waals surface area contributed by atoms with Crippen LogP contribution in [0.25, 0.3) is 0 Å². The number of hydrogen-bond acceptors (Lipinski definition) is 2. The molecule has 0 radical (unpaired) electrons. The van der Waals surface area contributed by atoms with Gasteiger partial charge in [-0.2, -0.15) is 0 Å². The van der Waals surface area contributed by atoms with Crippen LogP contribution >= 0.6 is 0 Å². The van der Waals surface area contributed by atoms with Crippen molar-refractivity contribution in [3.05, 3.63) is 30.3 Å². The average Bonchev–Trinajstić information content (AvgIpc) is 2.27. The second-order valence-corrected chi connectivity index (χ2v) is 4.50. The first-order valence-electron chi connectivity index (χ1n) is 6.29. The molecule has 1 aromatic rings. The van der Waals surface area contributed by atoms with Crippen LogP contribution in [0.4, 0.5) is 5.69 Å². The summed E-state index contributed by atoms with van der Waals surface area (Å²) in [4.78, 5) is 0. The van der Waals surface area contributed by atoms with Gasteiger partial charge in [-0.3, -0.25) is 0 Å². The van der Waals surface area contributed by atoms with Crippen LogP contribution in [0.1, 0.15) is 26.2 Å². The van der Waals surface area contributed by atoms with E-state index < -0.39 is 0 Å². The van der Waals surface area contributed by atoms with Gasteiger partial charge in [-0.05, 0) is 44.2 Å². The van der Waals surface area contributed by atoms with Crippen LogP contribution in [0.3, 0.4) is 0 Å². The molecular weight excluding hydrogens is 198 g/mol. The number of ether oxygens (including phenoxy) is 1. The summed E-state index contributed by atoms with van der Waals surface area (Å²) in [7, 11) is 0. The monoisotopic (exact) mass is 219 g/mol. The van der Waals surface area contributed by atoms with Gasteiger partial charge in [0.1, 0.15) is 0 Å². The number of nitrogens with one attached hydrogen (secondary N) is 1. The maximum absolute atomic E-state index is 5.55. The van der Waals surface area contributed by atoms with Crippen molar-refractivity contribution in [1.82, 2.24) is 0 Å². The second kappa shape index (κ2) is 5.90. The lowest BCUT2D eigenvalue weighted by atomic mass is 9.80. The van der Waals surface area contributed by atoms with Gasteiger partial charge < -0.3 is 10.1 Å². The SMILES string of the molecule is CCOC1CC(CCNc2ccccc2)C1. The van der Waals surface area contributed by atoms with Gasteiger partial charge in [0.2, 0.25) is 0 Å². The van der Waals surface area contributed by atoms with Gasteiger partial charge in [-0.15, -0.1) is 0 Å². The quantitative estimate of drug-likeness (QED) is 0.792. The van der Waals surface area contributed by atoms with E-state index in [1.807, 2.05) is 6.07 Å². The maximum Gasteiger partial charge on any atom is 0.0580 e. The first kappa shape index (κ1) is 11.5. The molecule has 0 aliphatic heterocycles. The van der Waals surface area contributed by atoms with E-state index in [9.17, 15) is 0 Å². The second-order valence-electron chi connectivity index (χ2n) is 4.50. The number of benzene rings is 1. The lowest BCUT2D eigenvalue weighted by Gasteiger charge is -2.35. The maximum atomic E-state index is 5.55. The Kier molecular flexibility index (Phi) is 4.23. The van der Waals surface area contributed by atoms with E-state index >= 15 is 0 Å². The van der Waals surface area contributed by atoms with Crippen LogP contribution in [-0.4, -0.2) is 19.3 Å². The minimum Gasteiger partial charge on any atom is -0.385 e. The Bertz CT molecular complexity index is 293. The molecule has 1 N–H and O–H groups in total. The summed E-state index contributed by atoms with van der Waals surface area (Å²) in [6.07, 6.45) is 4.32. The number of rotatable bonds is 6. The minimum atomic E-state index is 0.548. The third-order valence-corrected chi connectivity index (χ3v) is 3.25. The Balaban J connectivity index is 1.57. The first-order valence-corrected chi connectivity index (χ1v) is 6.29. The van der Waals surface area contributed by atoms with E-state index in [4.69, 9.17) is 4.74 Å². The van der Waals surface area contributed by atoms with Crippen molar-refractivity contribution in [2.45, 2.75) is 32.3 Å². The van der Waals surface area contributed by atoms with Crippen molar-refractivity contribution in [2.75, 3.05) is 18.5 Å². The van der Waals surface area contributed by atoms with Crippen LogP contribution in [0.5, 0.6) is 0 Å². The molecule has 1 aliphatic carbocycles. The highest BCUT2D eigenvalue weighted by atomic mass is 16.5. The van der Waals surface area contributed by atoms with Gasteiger partial charge in [-0.1, -0.05) is 18.2 Å². The summed E-state index contributed by atoms with van der Waals surface area (Å²) in [5.74, 6) is 0.868. The molecule has 1 aliphatic rings. The van der Waals surface area contributed by atoms with E-state index in [2.05, 4.69) is 36.5 Å². The molecule has 0 atom stereocenters. The molecule has 1 fully saturated rings. The third kappa shape index (κ3) is 3.24. The zero-order valence-corrected chi connectivity index (χ0v) is 9.99. The van der Waals surface area contributed by atoms with Gasteiger partial charge >= 0.3 is 0 Å². The summed E-state index contributed by atoms with van der Waals surface area (Å²) < 4.78 is 5.55. The lowest BCUT2D eigenvalue weighted by molar-refractivity contribution is -0.0255. The van der Waals surface area contributed by atoms with Crippen molar-refractivity contribution in [3.8, 4) is 0 Å². The minimum absolute atomic E-state index is 0.548. The van der Waals surface area contributed by atoms with E-state index in [1.165, 1.54) is 24.9 Å². The van der Waals surface area contributed by atoms with Crippen LogP contribution in [0.15, 0.2) is 30.3 Å². The molecule has 0 amide bonds. The number of para-hydroxylation sites is 1. The molecule has 0 spiro atoms. The van der Waals surface area contributed by atoms with Gasteiger partial charge in [0.25, 0.3) is 0 Å². The van der Waals surface area contributed by atoms with E-state index in [0.29, 0.717) is 6.10 Å². The Morgan fingerprint density at radius 1 is 1.25 bits per heavy atom. The smallest absolute Gasteiger partial charge is 0.0580 e. The van der Waals surface area contributed by atoms with Crippen molar-refractivity contribution < 1.29 is 4.74 Å². The molecule has 0 heterocycles. The van der Waals surface area contributed by atoms with Crippen molar-refractivity contribution in [3.63, 3.8) is 0 Å². The van der Waals surface area contributed by atoms with Crippen LogP contribution in [0, 0.1) is 5.92 Å². The lowest BCUT2D eigenvalue weighted by Crippen LogP contribution is -2.32.